The van der Waals surface area contributed by atoms with E-state index in [-0.39, 0.29) is 20.9 Å². The molecule has 0 fully saturated rings. The Morgan fingerprint density at radius 2 is 1.19 bits per heavy atom. The highest BCUT2D eigenvalue weighted by atomic mass is 32.2. The van der Waals surface area contributed by atoms with E-state index in [1.807, 2.05) is 6.92 Å². The molecular formula is C28H23NO5S2. The van der Waals surface area contributed by atoms with E-state index in [9.17, 15) is 21.6 Å². The standard InChI is InChI=1S/C28H23NO5S2/c1-20-16-18-23(19-17-20)36(33,34)29-26(21-10-4-2-5-11-21)27(24-14-8-9-15-25(24)28(29)30)35(31,32)22-12-6-3-7-13-22/h2-19,26-27H,1H3. The Kier molecular flexibility index (Phi) is 6.02. The molecule has 0 saturated heterocycles. The number of benzene rings is 4. The molecular weight excluding hydrogens is 494 g/mol. The molecule has 2 unspecified atom stereocenters. The molecule has 1 amide bonds. The summed E-state index contributed by atoms with van der Waals surface area (Å²) in [7, 11) is -8.56. The van der Waals surface area contributed by atoms with Crippen molar-refractivity contribution in [2.24, 2.45) is 0 Å². The lowest BCUT2D eigenvalue weighted by atomic mass is 9.90. The van der Waals surface area contributed by atoms with Crippen molar-refractivity contribution in [3.63, 3.8) is 0 Å². The summed E-state index contributed by atoms with van der Waals surface area (Å²) in [5, 5.41) is -1.35. The zero-order chi connectivity index (χ0) is 25.5. The van der Waals surface area contributed by atoms with E-state index in [4.69, 9.17) is 0 Å². The van der Waals surface area contributed by atoms with Crippen LogP contribution >= 0.6 is 0 Å². The summed E-state index contributed by atoms with van der Waals surface area (Å²) in [6.45, 7) is 1.83. The van der Waals surface area contributed by atoms with E-state index in [0.717, 1.165) is 9.87 Å². The van der Waals surface area contributed by atoms with E-state index in [0.29, 0.717) is 5.56 Å². The van der Waals surface area contributed by atoms with Crippen molar-refractivity contribution in [2.75, 3.05) is 0 Å². The molecule has 0 bridgehead atoms. The third kappa shape index (κ3) is 3.92. The SMILES string of the molecule is Cc1ccc(S(=O)(=O)N2C(=O)c3ccccc3C(S(=O)(=O)c3ccccc3)C2c2ccccc2)cc1. The molecule has 4 aromatic rings. The second-order valence-electron chi connectivity index (χ2n) is 8.64. The number of carbonyl (C=O) groups is 1. The molecule has 0 N–H and O–H groups in total. The fourth-order valence-electron chi connectivity index (χ4n) is 4.61. The van der Waals surface area contributed by atoms with Crippen LogP contribution in [0.15, 0.2) is 119 Å². The van der Waals surface area contributed by atoms with Crippen LogP contribution in [-0.4, -0.2) is 27.0 Å². The van der Waals surface area contributed by atoms with Crippen molar-refractivity contribution in [3.05, 3.63) is 131 Å². The summed E-state index contributed by atoms with van der Waals surface area (Å²) in [5.41, 5.74) is 1.58. The predicted octanol–water partition coefficient (Wildman–Crippen LogP) is 5.10. The van der Waals surface area contributed by atoms with E-state index in [1.54, 1.807) is 78.9 Å². The molecule has 5 rings (SSSR count). The molecule has 0 saturated carbocycles. The number of hydrogen-bond donors (Lipinski definition) is 0. The van der Waals surface area contributed by atoms with Crippen LogP contribution in [0.1, 0.15) is 38.3 Å². The van der Waals surface area contributed by atoms with Gasteiger partial charge >= 0.3 is 0 Å². The van der Waals surface area contributed by atoms with Crippen molar-refractivity contribution in [1.29, 1.82) is 0 Å². The van der Waals surface area contributed by atoms with E-state index >= 15 is 0 Å². The molecule has 0 aromatic heterocycles. The van der Waals surface area contributed by atoms with E-state index in [1.165, 1.54) is 30.3 Å². The van der Waals surface area contributed by atoms with Crippen molar-refractivity contribution in [1.82, 2.24) is 4.31 Å². The maximum Gasteiger partial charge on any atom is 0.268 e. The first-order valence-corrected chi connectivity index (χ1v) is 14.3. The molecule has 0 spiro atoms. The minimum Gasteiger partial charge on any atom is -0.268 e. The molecule has 1 heterocycles. The van der Waals surface area contributed by atoms with E-state index in [2.05, 4.69) is 0 Å². The number of sulfone groups is 1. The Morgan fingerprint density at radius 3 is 1.83 bits per heavy atom. The molecule has 0 radical (unpaired) electrons. The molecule has 1 aliphatic heterocycles. The summed E-state index contributed by atoms with van der Waals surface area (Å²) in [6, 6.07) is 27.5. The second-order valence-corrected chi connectivity index (χ2v) is 12.5. The van der Waals surface area contributed by atoms with Crippen LogP contribution in [-0.2, 0) is 19.9 Å². The molecule has 36 heavy (non-hydrogen) atoms. The molecule has 8 heteroatoms. The summed E-state index contributed by atoms with van der Waals surface area (Å²) >= 11 is 0. The Morgan fingerprint density at radius 1 is 0.639 bits per heavy atom. The van der Waals surface area contributed by atoms with Crippen LogP contribution in [0, 0.1) is 6.92 Å². The quantitative estimate of drug-likeness (QED) is 0.368. The zero-order valence-electron chi connectivity index (χ0n) is 19.4. The van der Waals surface area contributed by atoms with Crippen LogP contribution in [0.5, 0.6) is 0 Å². The molecule has 182 valence electrons. The third-order valence-corrected chi connectivity index (χ3v) is 10.3. The van der Waals surface area contributed by atoms with Crippen molar-refractivity contribution >= 4 is 25.8 Å². The zero-order valence-corrected chi connectivity index (χ0v) is 21.0. The monoisotopic (exact) mass is 517 g/mol. The van der Waals surface area contributed by atoms with Crippen LogP contribution in [0.3, 0.4) is 0 Å². The Labute approximate surface area is 210 Å². The summed E-state index contributed by atoms with van der Waals surface area (Å²) < 4.78 is 57.1. The van der Waals surface area contributed by atoms with Gasteiger partial charge in [-0.3, -0.25) is 4.79 Å². The first-order chi connectivity index (χ1) is 17.2. The number of rotatable bonds is 5. The summed E-state index contributed by atoms with van der Waals surface area (Å²) in [6.07, 6.45) is 0. The predicted molar refractivity (Wildman–Crippen MR) is 137 cm³/mol. The van der Waals surface area contributed by atoms with Gasteiger partial charge in [-0.15, -0.1) is 0 Å². The number of amides is 1. The average molecular weight is 518 g/mol. The van der Waals surface area contributed by atoms with Crippen molar-refractivity contribution < 1.29 is 21.6 Å². The molecule has 4 aromatic carbocycles. The Hall–Kier alpha value is -3.75. The first-order valence-electron chi connectivity index (χ1n) is 11.3. The number of sulfonamides is 1. The van der Waals surface area contributed by atoms with Gasteiger partial charge in [-0.1, -0.05) is 84.4 Å². The second kappa shape index (κ2) is 9.04. The maximum atomic E-state index is 14.2. The van der Waals surface area contributed by atoms with Gasteiger partial charge in [0, 0.05) is 5.56 Å². The van der Waals surface area contributed by atoms with Gasteiger partial charge in [-0.25, -0.2) is 21.1 Å². The first kappa shape index (κ1) is 24.0. The molecule has 2 atom stereocenters. The lowest BCUT2D eigenvalue weighted by Crippen LogP contribution is -2.47. The fraction of sp³-hybridized carbons (Fsp3) is 0.107. The highest BCUT2D eigenvalue weighted by Gasteiger charge is 2.51. The minimum absolute atomic E-state index is 0.0462. The summed E-state index contributed by atoms with van der Waals surface area (Å²) in [5.74, 6) is -0.764. The Balaban J connectivity index is 1.83. The van der Waals surface area contributed by atoms with Crippen LogP contribution in [0.4, 0.5) is 0 Å². The lowest BCUT2D eigenvalue weighted by molar-refractivity contribution is 0.0796. The number of fused-ring (bicyclic) bond motifs is 1. The van der Waals surface area contributed by atoms with Gasteiger partial charge in [0.2, 0.25) is 0 Å². The van der Waals surface area contributed by atoms with Crippen LogP contribution < -0.4 is 0 Å². The van der Waals surface area contributed by atoms with Gasteiger partial charge in [-0.05, 0) is 48.4 Å². The Bertz CT molecular complexity index is 1630. The number of hydrogen-bond acceptors (Lipinski definition) is 5. The smallest absolute Gasteiger partial charge is 0.268 e. The maximum absolute atomic E-state index is 14.2. The fourth-order valence-corrected chi connectivity index (χ4v) is 8.25. The normalized spacial score (nSPS) is 18.0. The van der Waals surface area contributed by atoms with Gasteiger partial charge in [0.1, 0.15) is 5.25 Å². The number of aryl methyl sites for hydroxylation is 1. The number of nitrogens with zero attached hydrogens (tertiary/aromatic N) is 1. The van der Waals surface area contributed by atoms with Gasteiger partial charge in [-0.2, -0.15) is 0 Å². The van der Waals surface area contributed by atoms with Gasteiger partial charge in [0.05, 0.1) is 15.8 Å². The lowest BCUT2D eigenvalue weighted by Gasteiger charge is -2.41. The van der Waals surface area contributed by atoms with E-state index < -0.39 is 37.1 Å². The highest BCUT2D eigenvalue weighted by molar-refractivity contribution is 7.92. The third-order valence-electron chi connectivity index (χ3n) is 6.36. The van der Waals surface area contributed by atoms with Gasteiger partial charge < -0.3 is 0 Å². The largest absolute Gasteiger partial charge is 0.268 e. The van der Waals surface area contributed by atoms with Gasteiger partial charge in [0.25, 0.3) is 15.9 Å². The molecule has 1 aliphatic rings. The van der Waals surface area contributed by atoms with Crippen LogP contribution in [0.25, 0.3) is 0 Å². The minimum atomic E-state index is -4.42. The molecule has 0 aliphatic carbocycles. The topological polar surface area (TPSA) is 88.6 Å². The van der Waals surface area contributed by atoms with Crippen LogP contribution in [0.2, 0.25) is 0 Å². The number of carbonyl (C=O) groups excluding carboxylic acids is 1. The molecule has 6 nitrogen and oxygen atoms in total. The van der Waals surface area contributed by atoms with Crippen molar-refractivity contribution in [3.8, 4) is 0 Å². The van der Waals surface area contributed by atoms with Gasteiger partial charge in [0.15, 0.2) is 9.84 Å². The average Bonchev–Trinajstić information content (AvgIpc) is 2.89. The van der Waals surface area contributed by atoms with Crippen molar-refractivity contribution in [2.45, 2.75) is 28.0 Å². The summed E-state index contributed by atoms with van der Waals surface area (Å²) in [4.78, 5) is 13.8. The highest BCUT2D eigenvalue weighted by Crippen LogP contribution is 2.49.